The molecule has 2 aromatic rings. The molecule has 2 saturated heterocycles. The van der Waals surface area contributed by atoms with Gasteiger partial charge in [-0.15, -0.1) is 11.3 Å². The second-order valence-corrected chi connectivity index (χ2v) is 8.56. The summed E-state index contributed by atoms with van der Waals surface area (Å²) >= 11 is 1.46. The quantitative estimate of drug-likeness (QED) is 0.807. The van der Waals surface area contributed by atoms with Crippen LogP contribution in [-0.4, -0.2) is 54.2 Å². The van der Waals surface area contributed by atoms with Crippen LogP contribution in [0.15, 0.2) is 24.3 Å². The van der Waals surface area contributed by atoms with Crippen LogP contribution < -0.4 is 4.90 Å². The van der Waals surface area contributed by atoms with Crippen molar-refractivity contribution < 1.29 is 13.9 Å². The van der Waals surface area contributed by atoms with Crippen LogP contribution in [0.1, 0.15) is 33.2 Å². The maximum Gasteiger partial charge on any atom is 0.265 e. The minimum absolute atomic E-state index is 0.0681. The fourth-order valence-electron chi connectivity index (χ4n) is 4.44. The highest BCUT2D eigenvalue weighted by molar-refractivity contribution is 7.13. The Morgan fingerprint density at radius 2 is 2.07 bits per heavy atom. The first-order valence-corrected chi connectivity index (χ1v) is 10.1. The van der Waals surface area contributed by atoms with Crippen molar-refractivity contribution in [2.45, 2.75) is 38.3 Å². The van der Waals surface area contributed by atoms with Gasteiger partial charge in [-0.1, -0.05) is 6.07 Å². The van der Waals surface area contributed by atoms with Crippen LogP contribution in [0, 0.1) is 19.7 Å². The molecule has 0 bridgehead atoms. The van der Waals surface area contributed by atoms with E-state index in [0.717, 1.165) is 40.7 Å². The topological polar surface area (TPSA) is 45.7 Å². The van der Waals surface area contributed by atoms with Crippen LogP contribution in [0.2, 0.25) is 0 Å². The number of rotatable bonds is 3. The lowest BCUT2D eigenvalue weighted by atomic mass is 9.73. The van der Waals surface area contributed by atoms with Crippen LogP contribution in [0.4, 0.5) is 10.1 Å². The molecule has 4 rings (SSSR count). The van der Waals surface area contributed by atoms with Crippen molar-refractivity contribution in [3.8, 4) is 0 Å². The third-order valence-electron chi connectivity index (χ3n) is 5.90. The van der Waals surface area contributed by atoms with Crippen molar-refractivity contribution >= 4 is 22.9 Å². The van der Waals surface area contributed by atoms with E-state index in [4.69, 9.17) is 4.74 Å². The number of nitrogens with zero attached hydrogens (tertiary/aromatic N) is 3. The molecule has 1 aromatic heterocycles. The Morgan fingerprint density at radius 3 is 2.67 bits per heavy atom. The van der Waals surface area contributed by atoms with Crippen LogP contribution in [0.5, 0.6) is 0 Å². The second kappa shape index (κ2) is 6.87. The summed E-state index contributed by atoms with van der Waals surface area (Å²) in [5.41, 5.74) is 1.53. The number of hydrogen-bond acceptors (Lipinski definition) is 5. The number of carbonyl (C=O) groups excluding carboxylic acids is 1. The highest BCUT2D eigenvalue weighted by Gasteiger charge is 2.55. The van der Waals surface area contributed by atoms with Gasteiger partial charge in [0.05, 0.1) is 22.3 Å². The van der Waals surface area contributed by atoms with Crippen molar-refractivity contribution in [2.24, 2.45) is 0 Å². The Kier molecular flexibility index (Phi) is 4.68. The molecule has 5 nitrogen and oxygen atoms in total. The summed E-state index contributed by atoms with van der Waals surface area (Å²) in [6, 6.07) is 6.72. The lowest BCUT2D eigenvalue weighted by molar-refractivity contribution is -0.0433. The van der Waals surface area contributed by atoms with Crippen LogP contribution in [0.25, 0.3) is 0 Å². The molecule has 1 amide bonds. The van der Waals surface area contributed by atoms with Gasteiger partial charge in [-0.05, 0) is 44.9 Å². The summed E-state index contributed by atoms with van der Waals surface area (Å²) in [5, 5.41) is 0.917. The molecule has 7 heteroatoms. The zero-order valence-electron chi connectivity index (χ0n) is 15.9. The zero-order valence-corrected chi connectivity index (χ0v) is 16.7. The number of piperidine rings is 1. The first kappa shape index (κ1) is 18.4. The minimum Gasteiger partial charge on any atom is -0.377 e. The maximum absolute atomic E-state index is 13.7. The molecular weight excluding hydrogens is 365 g/mol. The van der Waals surface area contributed by atoms with E-state index in [0.29, 0.717) is 13.1 Å². The normalized spacial score (nSPS) is 21.4. The van der Waals surface area contributed by atoms with Gasteiger partial charge in [-0.2, -0.15) is 0 Å². The Labute approximate surface area is 162 Å². The van der Waals surface area contributed by atoms with Gasteiger partial charge in [0.25, 0.3) is 5.91 Å². The predicted octanol–water partition coefficient (Wildman–Crippen LogP) is 3.41. The van der Waals surface area contributed by atoms with Gasteiger partial charge in [0.1, 0.15) is 10.7 Å². The fraction of sp³-hybridized carbons (Fsp3) is 0.500. The average molecular weight is 389 g/mol. The van der Waals surface area contributed by atoms with Crippen molar-refractivity contribution in [1.29, 1.82) is 0 Å². The summed E-state index contributed by atoms with van der Waals surface area (Å²) in [5.74, 6) is -0.161. The number of anilines is 1. The van der Waals surface area contributed by atoms with Gasteiger partial charge in [-0.25, -0.2) is 9.37 Å². The number of aromatic nitrogens is 1. The highest BCUT2D eigenvalue weighted by Crippen LogP contribution is 2.45. The number of benzene rings is 1. The number of ether oxygens (including phenoxy) is 1. The van der Waals surface area contributed by atoms with Crippen LogP contribution in [0.3, 0.4) is 0 Å². The van der Waals surface area contributed by atoms with Gasteiger partial charge >= 0.3 is 0 Å². The van der Waals surface area contributed by atoms with Gasteiger partial charge in [-0.3, -0.25) is 4.79 Å². The van der Waals surface area contributed by atoms with Crippen molar-refractivity contribution in [3.63, 3.8) is 0 Å². The zero-order chi connectivity index (χ0) is 19.2. The van der Waals surface area contributed by atoms with Gasteiger partial charge in [0, 0.05) is 32.4 Å². The average Bonchev–Trinajstić information content (AvgIpc) is 2.99. The summed E-state index contributed by atoms with van der Waals surface area (Å²) in [7, 11) is 1.73. The summed E-state index contributed by atoms with van der Waals surface area (Å²) in [6.07, 6.45) is 1.72. The molecular formula is C20H24FN3O2S. The van der Waals surface area contributed by atoms with Crippen LogP contribution in [-0.2, 0) is 4.74 Å². The number of aryl methyl sites for hydroxylation is 2. The largest absolute Gasteiger partial charge is 0.377 e. The molecule has 0 saturated carbocycles. The van der Waals surface area contributed by atoms with E-state index < -0.39 is 0 Å². The number of likely N-dealkylation sites (tertiary alicyclic amines) is 1. The molecule has 1 spiro atoms. The van der Waals surface area contributed by atoms with E-state index in [9.17, 15) is 9.18 Å². The summed E-state index contributed by atoms with van der Waals surface area (Å²) in [6.45, 7) is 5.90. The Balaban J connectivity index is 1.52. The van der Waals surface area contributed by atoms with Gasteiger partial charge < -0.3 is 14.5 Å². The first-order chi connectivity index (χ1) is 12.9. The molecule has 144 valence electrons. The third kappa shape index (κ3) is 3.02. The number of halogens is 1. The second-order valence-electron chi connectivity index (χ2n) is 7.36. The van der Waals surface area contributed by atoms with E-state index in [1.54, 1.807) is 19.2 Å². The highest BCUT2D eigenvalue weighted by atomic mass is 32.1. The number of amides is 1. The molecule has 1 atom stereocenters. The minimum atomic E-state index is -0.229. The van der Waals surface area contributed by atoms with Gasteiger partial charge in [0.2, 0.25) is 0 Å². The van der Waals surface area contributed by atoms with E-state index in [1.165, 1.54) is 17.4 Å². The first-order valence-electron chi connectivity index (χ1n) is 9.24. The Hall–Kier alpha value is -1.99. The molecule has 2 fully saturated rings. The van der Waals surface area contributed by atoms with Crippen LogP contribution >= 0.6 is 11.3 Å². The van der Waals surface area contributed by atoms with Crippen molar-refractivity contribution in [3.05, 3.63) is 45.7 Å². The van der Waals surface area contributed by atoms with E-state index >= 15 is 0 Å². The molecule has 3 heterocycles. The monoisotopic (exact) mass is 389 g/mol. The third-order valence-corrected chi connectivity index (χ3v) is 6.96. The van der Waals surface area contributed by atoms with Gasteiger partial charge in [0.15, 0.2) is 0 Å². The lowest BCUT2D eigenvalue weighted by Crippen LogP contribution is -2.74. The predicted molar refractivity (Wildman–Crippen MR) is 104 cm³/mol. The number of carbonyl (C=O) groups is 1. The number of hydrogen-bond donors (Lipinski definition) is 0. The number of methoxy groups -OCH3 is 1. The van der Waals surface area contributed by atoms with Crippen molar-refractivity contribution in [1.82, 2.24) is 9.88 Å². The maximum atomic E-state index is 13.7. The molecule has 1 unspecified atom stereocenters. The molecule has 27 heavy (non-hydrogen) atoms. The molecule has 2 aliphatic heterocycles. The Morgan fingerprint density at radius 1 is 1.33 bits per heavy atom. The smallest absolute Gasteiger partial charge is 0.265 e. The lowest BCUT2D eigenvalue weighted by Gasteiger charge is -2.61. The summed E-state index contributed by atoms with van der Waals surface area (Å²) < 4.78 is 19.4. The standard InChI is InChI=1S/C20H24FN3O2S/c1-13-18(27-14(2)22-13)19(25)23-9-7-20(8-10-23)17(26-3)12-24(20)16-6-4-5-15(21)11-16/h4-6,11,17H,7-10,12H2,1-3H3. The SMILES string of the molecule is COC1CN(c2cccc(F)c2)C12CCN(C(=O)c1sc(C)nc1C)CC2. The van der Waals surface area contributed by atoms with E-state index in [-0.39, 0.29) is 23.4 Å². The molecule has 0 N–H and O–H groups in total. The van der Waals surface area contributed by atoms with E-state index in [1.807, 2.05) is 24.8 Å². The van der Waals surface area contributed by atoms with E-state index in [2.05, 4.69) is 9.88 Å². The number of thiazole rings is 1. The molecule has 1 aromatic carbocycles. The molecule has 0 aliphatic carbocycles. The molecule has 0 radical (unpaired) electrons. The molecule has 2 aliphatic rings. The van der Waals surface area contributed by atoms with Crippen molar-refractivity contribution in [2.75, 3.05) is 31.6 Å². The Bertz CT molecular complexity index is 861. The fourth-order valence-corrected chi connectivity index (χ4v) is 5.33. The summed E-state index contributed by atoms with van der Waals surface area (Å²) in [4.78, 5) is 22.2.